The number of likely N-dealkylation sites (tertiary alicyclic amines) is 1. The molecule has 1 amide bonds. The molecular weight excluding hydrogens is 472 g/mol. The Balaban J connectivity index is 1.83. The smallest absolute Gasteiger partial charge is 0.295 e. The van der Waals surface area contributed by atoms with E-state index >= 15 is 0 Å². The molecule has 8 heteroatoms. The van der Waals surface area contributed by atoms with E-state index in [2.05, 4.69) is 18.8 Å². The predicted octanol–water partition coefficient (Wildman–Crippen LogP) is 4.76. The van der Waals surface area contributed by atoms with Crippen LogP contribution in [-0.4, -0.2) is 47.5 Å². The van der Waals surface area contributed by atoms with Gasteiger partial charge in [0.25, 0.3) is 11.7 Å². The Morgan fingerprint density at radius 2 is 1.76 bits per heavy atom. The van der Waals surface area contributed by atoms with Crippen molar-refractivity contribution in [2.45, 2.75) is 26.4 Å². The molecule has 1 atom stereocenters. The number of pyridine rings is 1. The maximum Gasteiger partial charge on any atom is 0.295 e. The van der Waals surface area contributed by atoms with E-state index in [9.17, 15) is 14.7 Å². The quantitative estimate of drug-likeness (QED) is 0.256. The number of methoxy groups -OCH3 is 2. The number of benzene rings is 2. The summed E-state index contributed by atoms with van der Waals surface area (Å²) in [6.07, 6.45) is 3.27. The van der Waals surface area contributed by atoms with E-state index in [0.29, 0.717) is 40.9 Å². The number of aromatic nitrogens is 1. The molecule has 1 saturated heterocycles. The highest BCUT2D eigenvalue weighted by Gasteiger charge is 2.47. The van der Waals surface area contributed by atoms with E-state index in [4.69, 9.17) is 14.2 Å². The van der Waals surface area contributed by atoms with Crippen LogP contribution in [0.1, 0.15) is 36.6 Å². The van der Waals surface area contributed by atoms with Crippen molar-refractivity contribution in [3.63, 3.8) is 0 Å². The Hall–Kier alpha value is -4.33. The molecule has 2 aromatic carbocycles. The molecule has 0 spiro atoms. The first-order chi connectivity index (χ1) is 17.8. The summed E-state index contributed by atoms with van der Waals surface area (Å²) in [6.45, 7) is 4.78. The van der Waals surface area contributed by atoms with Crippen molar-refractivity contribution in [1.82, 2.24) is 9.88 Å². The molecule has 192 valence electrons. The minimum atomic E-state index is -0.915. The highest BCUT2D eigenvalue weighted by Crippen LogP contribution is 2.44. The minimum absolute atomic E-state index is 0.0312. The molecule has 0 aliphatic carbocycles. The number of carbonyl (C=O) groups is 2. The third-order valence-electron chi connectivity index (χ3n) is 6.06. The van der Waals surface area contributed by atoms with E-state index < -0.39 is 17.7 Å². The standard InChI is InChI=1S/C29H30N2O6/c1-18(2)17-37-21-9-7-20(8-10-21)27(32)25-26(23-14-22(35-3)11-12-24(23)36-4)31(29(34)28(25)33)16-19-6-5-13-30-15-19/h5-15,18,26,32H,16-17H2,1-4H3/b27-25+/t26-/m1/s1. The zero-order valence-electron chi connectivity index (χ0n) is 21.3. The van der Waals surface area contributed by atoms with E-state index in [1.54, 1.807) is 60.9 Å². The van der Waals surface area contributed by atoms with Crippen molar-refractivity contribution in [2.24, 2.45) is 5.92 Å². The van der Waals surface area contributed by atoms with Gasteiger partial charge >= 0.3 is 0 Å². The summed E-state index contributed by atoms with van der Waals surface area (Å²) in [4.78, 5) is 32.2. The second-order valence-electron chi connectivity index (χ2n) is 9.13. The van der Waals surface area contributed by atoms with Crippen LogP contribution < -0.4 is 14.2 Å². The van der Waals surface area contributed by atoms with Crippen molar-refractivity contribution in [1.29, 1.82) is 0 Å². The van der Waals surface area contributed by atoms with Gasteiger partial charge in [-0.2, -0.15) is 0 Å². The van der Waals surface area contributed by atoms with Crippen molar-refractivity contribution >= 4 is 17.4 Å². The van der Waals surface area contributed by atoms with E-state index in [0.717, 1.165) is 5.56 Å². The Kier molecular flexibility index (Phi) is 7.77. The Morgan fingerprint density at radius 3 is 2.38 bits per heavy atom. The minimum Gasteiger partial charge on any atom is -0.507 e. The lowest BCUT2D eigenvalue weighted by molar-refractivity contribution is -0.140. The fourth-order valence-corrected chi connectivity index (χ4v) is 4.24. The lowest BCUT2D eigenvalue weighted by Crippen LogP contribution is -2.29. The Bertz CT molecular complexity index is 1300. The fourth-order valence-electron chi connectivity index (χ4n) is 4.24. The van der Waals surface area contributed by atoms with Gasteiger partial charge in [-0.15, -0.1) is 0 Å². The van der Waals surface area contributed by atoms with Gasteiger partial charge in [0.1, 0.15) is 23.0 Å². The van der Waals surface area contributed by atoms with Crippen LogP contribution in [-0.2, 0) is 16.1 Å². The summed E-state index contributed by atoms with van der Waals surface area (Å²) in [5.41, 5.74) is 1.62. The van der Waals surface area contributed by atoms with Gasteiger partial charge in [-0.3, -0.25) is 14.6 Å². The summed E-state index contributed by atoms with van der Waals surface area (Å²) < 4.78 is 16.7. The molecule has 8 nitrogen and oxygen atoms in total. The maximum atomic E-state index is 13.4. The second kappa shape index (κ2) is 11.2. The topological polar surface area (TPSA) is 98.2 Å². The monoisotopic (exact) mass is 502 g/mol. The zero-order valence-corrected chi connectivity index (χ0v) is 21.3. The number of amides is 1. The lowest BCUT2D eigenvalue weighted by atomic mass is 9.94. The predicted molar refractivity (Wildman–Crippen MR) is 138 cm³/mol. The molecular formula is C29H30N2O6. The van der Waals surface area contributed by atoms with Crippen LogP contribution in [0.4, 0.5) is 0 Å². The molecule has 37 heavy (non-hydrogen) atoms. The van der Waals surface area contributed by atoms with Crippen LogP contribution in [0.25, 0.3) is 5.76 Å². The highest BCUT2D eigenvalue weighted by molar-refractivity contribution is 6.46. The summed E-state index contributed by atoms with van der Waals surface area (Å²) in [7, 11) is 3.04. The van der Waals surface area contributed by atoms with Crippen LogP contribution in [0.3, 0.4) is 0 Å². The average molecular weight is 503 g/mol. The van der Waals surface area contributed by atoms with Gasteiger partial charge in [-0.05, 0) is 60.0 Å². The SMILES string of the molecule is COc1ccc(OC)c([C@@H]2/C(=C(\O)c3ccc(OCC(C)C)cc3)C(=O)C(=O)N2Cc2cccnc2)c1. The number of hydrogen-bond acceptors (Lipinski definition) is 7. The summed E-state index contributed by atoms with van der Waals surface area (Å²) in [5.74, 6) is 0.197. The third-order valence-corrected chi connectivity index (χ3v) is 6.06. The van der Waals surface area contributed by atoms with Crippen molar-refractivity contribution in [3.05, 3.63) is 89.3 Å². The Labute approximate surface area is 216 Å². The van der Waals surface area contributed by atoms with E-state index in [1.807, 2.05) is 6.07 Å². The zero-order chi connectivity index (χ0) is 26.5. The molecule has 0 unspecified atom stereocenters. The summed E-state index contributed by atoms with van der Waals surface area (Å²) in [5, 5.41) is 11.4. The second-order valence-corrected chi connectivity index (χ2v) is 9.13. The number of carbonyl (C=O) groups excluding carboxylic acids is 2. The maximum absolute atomic E-state index is 13.4. The fraction of sp³-hybridized carbons (Fsp3) is 0.276. The average Bonchev–Trinajstić information content (AvgIpc) is 3.16. The number of nitrogens with zero attached hydrogens (tertiary/aromatic N) is 2. The number of aliphatic hydroxyl groups excluding tert-OH is 1. The molecule has 3 aromatic rings. The van der Waals surface area contributed by atoms with Crippen molar-refractivity contribution < 1.29 is 28.9 Å². The number of aliphatic hydroxyl groups is 1. The normalized spacial score (nSPS) is 16.8. The molecule has 0 radical (unpaired) electrons. The van der Waals surface area contributed by atoms with E-state index in [1.165, 1.54) is 19.1 Å². The first-order valence-corrected chi connectivity index (χ1v) is 12.0. The first kappa shape index (κ1) is 25.8. The van der Waals surface area contributed by atoms with Gasteiger partial charge < -0.3 is 24.2 Å². The number of Topliss-reactive ketones (excluding diaryl/α,β-unsaturated/α-hetero) is 1. The van der Waals surface area contributed by atoms with Crippen LogP contribution in [0.5, 0.6) is 17.2 Å². The summed E-state index contributed by atoms with van der Waals surface area (Å²) in [6, 6.07) is 14.6. The van der Waals surface area contributed by atoms with Crippen LogP contribution in [0, 0.1) is 5.92 Å². The number of ether oxygens (including phenoxy) is 3. The van der Waals surface area contributed by atoms with Gasteiger partial charge in [0.05, 0.1) is 32.4 Å². The van der Waals surface area contributed by atoms with Crippen LogP contribution in [0.2, 0.25) is 0 Å². The molecule has 4 rings (SSSR count). The molecule has 0 bridgehead atoms. The Morgan fingerprint density at radius 1 is 1.03 bits per heavy atom. The molecule has 1 aliphatic rings. The molecule has 1 N–H and O–H groups in total. The van der Waals surface area contributed by atoms with Crippen molar-refractivity contribution in [3.8, 4) is 17.2 Å². The van der Waals surface area contributed by atoms with Crippen LogP contribution in [0.15, 0.2) is 72.6 Å². The van der Waals surface area contributed by atoms with Gasteiger partial charge in [0.15, 0.2) is 0 Å². The molecule has 1 aliphatic heterocycles. The first-order valence-electron chi connectivity index (χ1n) is 12.0. The number of rotatable bonds is 9. The van der Waals surface area contributed by atoms with Gasteiger partial charge in [-0.1, -0.05) is 19.9 Å². The number of hydrogen-bond donors (Lipinski definition) is 1. The summed E-state index contributed by atoms with van der Waals surface area (Å²) >= 11 is 0. The third kappa shape index (κ3) is 5.43. The number of ketones is 1. The van der Waals surface area contributed by atoms with Gasteiger partial charge in [0.2, 0.25) is 0 Å². The van der Waals surface area contributed by atoms with Gasteiger partial charge in [-0.25, -0.2) is 0 Å². The van der Waals surface area contributed by atoms with Gasteiger partial charge in [0, 0.05) is 30.1 Å². The molecule has 1 fully saturated rings. The highest BCUT2D eigenvalue weighted by atomic mass is 16.5. The molecule has 2 heterocycles. The van der Waals surface area contributed by atoms with E-state index in [-0.39, 0.29) is 17.9 Å². The molecule has 0 saturated carbocycles. The molecule has 1 aromatic heterocycles. The largest absolute Gasteiger partial charge is 0.507 e. The van der Waals surface area contributed by atoms with Crippen LogP contribution >= 0.6 is 0 Å². The van der Waals surface area contributed by atoms with Crippen molar-refractivity contribution in [2.75, 3.05) is 20.8 Å². The lowest BCUT2D eigenvalue weighted by Gasteiger charge is -2.27.